The average molecular weight is 364 g/mol. The van der Waals surface area contributed by atoms with E-state index in [4.69, 9.17) is 9.47 Å². The Balaban J connectivity index is 1.73. The summed E-state index contributed by atoms with van der Waals surface area (Å²) in [6.45, 7) is 3.78. The number of carbonyl (C=O) groups excluding carboxylic acids is 1. The molecular weight excluding hydrogens is 340 g/mol. The third-order valence-electron chi connectivity index (χ3n) is 4.51. The van der Waals surface area contributed by atoms with Crippen LogP contribution < -0.4 is 20.1 Å². The molecule has 3 aromatic rings. The van der Waals surface area contributed by atoms with Gasteiger partial charge < -0.3 is 20.1 Å². The number of hydrogen-bond donors (Lipinski definition) is 2. The summed E-state index contributed by atoms with van der Waals surface area (Å²) in [7, 11) is 3.19. The van der Waals surface area contributed by atoms with Gasteiger partial charge >= 0.3 is 0 Å². The molecule has 0 bridgehead atoms. The molecule has 0 aliphatic carbocycles. The predicted octanol–water partition coefficient (Wildman–Crippen LogP) is 4.60. The van der Waals surface area contributed by atoms with E-state index in [-0.39, 0.29) is 5.91 Å². The van der Waals surface area contributed by atoms with Crippen LogP contribution in [0.4, 0.5) is 11.4 Å². The normalized spacial score (nSPS) is 11.7. The van der Waals surface area contributed by atoms with Crippen LogP contribution in [-0.2, 0) is 4.79 Å². The SMILES string of the molecule is COc1cc(C)c(N[C@@H](C)C(=O)Nc2ccc3ccccc3c2)cc1OC. The third kappa shape index (κ3) is 4.14. The van der Waals surface area contributed by atoms with Gasteiger partial charge in [-0.25, -0.2) is 0 Å². The fourth-order valence-electron chi connectivity index (χ4n) is 2.95. The smallest absolute Gasteiger partial charge is 0.246 e. The summed E-state index contributed by atoms with van der Waals surface area (Å²) in [5, 5.41) is 8.44. The minimum atomic E-state index is -0.423. The average Bonchev–Trinajstić information content (AvgIpc) is 2.68. The molecule has 0 heterocycles. The minimum Gasteiger partial charge on any atom is -0.493 e. The van der Waals surface area contributed by atoms with Crippen molar-refractivity contribution in [3.63, 3.8) is 0 Å². The highest BCUT2D eigenvalue weighted by Crippen LogP contribution is 2.33. The molecule has 5 heteroatoms. The summed E-state index contributed by atoms with van der Waals surface area (Å²) >= 11 is 0. The molecule has 0 fully saturated rings. The highest BCUT2D eigenvalue weighted by molar-refractivity contribution is 5.98. The number of hydrogen-bond acceptors (Lipinski definition) is 4. The molecule has 5 nitrogen and oxygen atoms in total. The van der Waals surface area contributed by atoms with Crippen LogP contribution in [0.3, 0.4) is 0 Å². The number of anilines is 2. The lowest BCUT2D eigenvalue weighted by atomic mass is 10.1. The lowest BCUT2D eigenvalue weighted by molar-refractivity contribution is -0.116. The van der Waals surface area contributed by atoms with Gasteiger partial charge in [0, 0.05) is 17.4 Å². The molecule has 140 valence electrons. The molecule has 0 saturated heterocycles. The molecule has 3 rings (SSSR count). The maximum atomic E-state index is 12.6. The van der Waals surface area contributed by atoms with Gasteiger partial charge in [0.15, 0.2) is 11.5 Å². The van der Waals surface area contributed by atoms with E-state index in [1.807, 2.05) is 68.4 Å². The van der Waals surface area contributed by atoms with Crippen LogP contribution in [0.25, 0.3) is 10.8 Å². The zero-order valence-corrected chi connectivity index (χ0v) is 16.0. The van der Waals surface area contributed by atoms with Crippen LogP contribution >= 0.6 is 0 Å². The summed E-state index contributed by atoms with van der Waals surface area (Å²) in [6, 6.07) is 17.2. The number of benzene rings is 3. The number of methoxy groups -OCH3 is 2. The predicted molar refractivity (Wildman–Crippen MR) is 110 cm³/mol. The Morgan fingerprint density at radius 1 is 0.926 bits per heavy atom. The van der Waals surface area contributed by atoms with Gasteiger partial charge in [-0.15, -0.1) is 0 Å². The molecule has 1 atom stereocenters. The fourth-order valence-corrected chi connectivity index (χ4v) is 2.95. The fraction of sp³-hybridized carbons (Fsp3) is 0.227. The number of fused-ring (bicyclic) bond motifs is 1. The molecule has 0 aromatic heterocycles. The Bertz CT molecular complexity index is 969. The Labute approximate surface area is 159 Å². The van der Waals surface area contributed by atoms with Crippen LogP contribution in [0.2, 0.25) is 0 Å². The van der Waals surface area contributed by atoms with Crippen molar-refractivity contribution >= 4 is 28.1 Å². The van der Waals surface area contributed by atoms with E-state index < -0.39 is 6.04 Å². The molecule has 0 aliphatic heterocycles. The monoisotopic (exact) mass is 364 g/mol. The molecule has 0 unspecified atom stereocenters. The van der Waals surface area contributed by atoms with Crippen LogP contribution in [0, 0.1) is 6.92 Å². The Hall–Kier alpha value is -3.21. The summed E-state index contributed by atoms with van der Waals surface area (Å²) in [5.41, 5.74) is 2.57. The summed E-state index contributed by atoms with van der Waals surface area (Å²) < 4.78 is 10.7. The van der Waals surface area contributed by atoms with Crippen LogP contribution in [0.1, 0.15) is 12.5 Å². The van der Waals surface area contributed by atoms with Crippen molar-refractivity contribution in [3.8, 4) is 11.5 Å². The third-order valence-corrected chi connectivity index (χ3v) is 4.51. The van der Waals surface area contributed by atoms with E-state index in [9.17, 15) is 4.79 Å². The van der Waals surface area contributed by atoms with Crippen molar-refractivity contribution in [2.45, 2.75) is 19.9 Å². The Morgan fingerprint density at radius 3 is 2.30 bits per heavy atom. The first kappa shape index (κ1) is 18.6. The van der Waals surface area contributed by atoms with Crippen molar-refractivity contribution in [2.24, 2.45) is 0 Å². The van der Waals surface area contributed by atoms with Crippen molar-refractivity contribution < 1.29 is 14.3 Å². The molecular formula is C22H24N2O3. The highest BCUT2D eigenvalue weighted by atomic mass is 16.5. The number of carbonyl (C=O) groups is 1. The topological polar surface area (TPSA) is 59.6 Å². The molecule has 0 radical (unpaired) electrons. The molecule has 3 aromatic carbocycles. The molecule has 1 amide bonds. The Morgan fingerprint density at radius 2 is 1.59 bits per heavy atom. The van der Waals surface area contributed by atoms with Gasteiger partial charge in [0.25, 0.3) is 0 Å². The van der Waals surface area contributed by atoms with E-state index in [1.54, 1.807) is 14.2 Å². The van der Waals surface area contributed by atoms with Gasteiger partial charge in [0.05, 0.1) is 14.2 Å². The van der Waals surface area contributed by atoms with Gasteiger partial charge in [0.1, 0.15) is 6.04 Å². The van der Waals surface area contributed by atoms with E-state index >= 15 is 0 Å². The molecule has 0 spiro atoms. The van der Waals surface area contributed by atoms with Crippen LogP contribution in [-0.4, -0.2) is 26.2 Å². The first-order valence-corrected chi connectivity index (χ1v) is 8.80. The van der Waals surface area contributed by atoms with Crippen molar-refractivity contribution in [1.82, 2.24) is 0 Å². The molecule has 2 N–H and O–H groups in total. The zero-order chi connectivity index (χ0) is 19.4. The van der Waals surface area contributed by atoms with Crippen LogP contribution in [0.5, 0.6) is 11.5 Å². The van der Waals surface area contributed by atoms with E-state index in [0.29, 0.717) is 11.5 Å². The zero-order valence-electron chi connectivity index (χ0n) is 16.0. The summed E-state index contributed by atoms with van der Waals surface area (Å²) in [6.07, 6.45) is 0. The van der Waals surface area contributed by atoms with Crippen molar-refractivity contribution in [3.05, 3.63) is 60.2 Å². The second kappa shape index (κ2) is 7.99. The number of ether oxygens (including phenoxy) is 2. The van der Waals surface area contributed by atoms with Gasteiger partial charge in [-0.05, 0) is 48.4 Å². The first-order chi connectivity index (χ1) is 13.0. The maximum Gasteiger partial charge on any atom is 0.246 e. The Kier molecular flexibility index (Phi) is 5.50. The summed E-state index contributed by atoms with van der Waals surface area (Å²) in [4.78, 5) is 12.6. The highest BCUT2D eigenvalue weighted by Gasteiger charge is 2.16. The van der Waals surface area contributed by atoms with Crippen molar-refractivity contribution in [1.29, 1.82) is 0 Å². The molecule has 0 aliphatic rings. The minimum absolute atomic E-state index is 0.112. The van der Waals surface area contributed by atoms with Crippen LogP contribution in [0.15, 0.2) is 54.6 Å². The quantitative estimate of drug-likeness (QED) is 0.671. The van der Waals surface area contributed by atoms with Gasteiger partial charge in [-0.1, -0.05) is 30.3 Å². The van der Waals surface area contributed by atoms with E-state index in [1.165, 1.54) is 0 Å². The lowest BCUT2D eigenvalue weighted by Gasteiger charge is -2.19. The molecule has 27 heavy (non-hydrogen) atoms. The number of nitrogens with one attached hydrogen (secondary N) is 2. The second-order valence-electron chi connectivity index (χ2n) is 6.44. The molecule has 0 saturated carbocycles. The van der Waals surface area contributed by atoms with Gasteiger partial charge in [0.2, 0.25) is 5.91 Å². The van der Waals surface area contributed by atoms with E-state index in [2.05, 4.69) is 10.6 Å². The lowest BCUT2D eigenvalue weighted by Crippen LogP contribution is -2.32. The van der Waals surface area contributed by atoms with Gasteiger partial charge in [-0.2, -0.15) is 0 Å². The summed E-state index contributed by atoms with van der Waals surface area (Å²) in [5.74, 6) is 1.17. The maximum absolute atomic E-state index is 12.6. The first-order valence-electron chi connectivity index (χ1n) is 8.80. The standard InChI is InChI=1S/C22H24N2O3/c1-14-11-20(26-3)21(27-4)13-19(14)23-15(2)22(25)24-18-10-9-16-7-5-6-8-17(16)12-18/h5-13,15,23H,1-4H3,(H,24,25)/t15-/m0/s1. The number of amides is 1. The number of rotatable bonds is 6. The number of aryl methyl sites for hydroxylation is 1. The van der Waals surface area contributed by atoms with E-state index in [0.717, 1.165) is 27.7 Å². The van der Waals surface area contributed by atoms with Gasteiger partial charge in [-0.3, -0.25) is 4.79 Å². The van der Waals surface area contributed by atoms with Crippen molar-refractivity contribution in [2.75, 3.05) is 24.9 Å². The largest absolute Gasteiger partial charge is 0.493 e. The second-order valence-corrected chi connectivity index (χ2v) is 6.44.